The quantitative estimate of drug-likeness (QED) is 0.556. The maximum atomic E-state index is 13.4. The minimum Gasteiger partial charge on any atom is -0.478 e. The van der Waals surface area contributed by atoms with Crippen LogP contribution in [-0.2, 0) is 11.3 Å². The van der Waals surface area contributed by atoms with Gasteiger partial charge >= 0.3 is 12.1 Å². The summed E-state index contributed by atoms with van der Waals surface area (Å²) in [4.78, 5) is 44.7. The molecule has 0 unspecified atom stereocenters. The molecule has 10 nitrogen and oxygen atoms in total. The first-order valence-corrected chi connectivity index (χ1v) is 12.2. The maximum absolute atomic E-state index is 13.4. The number of hydrogen-bond donors (Lipinski definition) is 2. The first-order valence-electron chi connectivity index (χ1n) is 12.2. The van der Waals surface area contributed by atoms with Crippen molar-refractivity contribution in [2.45, 2.75) is 51.8 Å². The molecule has 0 aliphatic carbocycles. The van der Waals surface area contributed by atoms with Crippen LogP contribution in [0, 0.1) is 11.3 Å². The molecular formula is C27H33N5O5. The number of carbonyl (C=O) groups excluding carboxylic acids is 2. The van der Waals surface area contributed by atoms with Gasteiger partial charge in [0.1, 0.15) is 11.3 Å². The topological polar surface area (TPSA) is 136 Å². The number of aromatic carboxylic acids is 1. The van der Waals surface area contributed by atoms with Gasteiger partial charge in [-0.15, -0.1) is 0 Å². The summed E-state index contributed by atoms with van der Waals surface area (Å²) in [6.07, 6.45) is 2.09. The van der Waals surface area contributed by atoms with Crippen LogP contribution >= 0.6 is 0 Å². The summed E-state index contributed by atoms with van der Waals surface area (Å²) in [7, 11) is 0. The number of nitriles is 1. The van der Waals surface area contributed by atoms with E-state index in [1.807, 2.05) is 24.3 Å². The second-order valence-corrected chi connectivity index (χ2v) is 9.98. The molecule has 196 valence electrons. The fourth-order valence-corrected chi connectivity index (χ4v) is 4.17. The standard InChI is InChI=1S/C27H33N5O5/c1-27(2,3)37-26(36)29-12-15-32(24(33)23-9-8-21(17-30-23)25(34)35)22-10-13-31(14-11-22)18-20-6-4-19(16-28)5-7-20/h4-9,17,22H,10-15,18H2,1-3H3,(H,29,36)(H,34,35). The third-order valence-corrected chi connectivity index (χ3v) is 6.00. The van der Waals surface area contributed by atoms with Gasteiger partial charge in [0, 0.05) is 45.0 Å². The third kappa shape index (κ3) is 8.29. The molecule has 1 aliphatic heterocycles. The van der Waals surface area contributed by atoms with E-state index < -0.39 is 17.7 Å². The molecule has 1 fully saturated rings. The molecule has 0 atom stereocenters. The van der Waals surface area contributed by atoms with Crippen LogP contribution in [0.5, 0.6) is 0 Å². The van der Waals surface area contributed by atoms with Gasteiger partial charge in [0.15, 0.2) is 0 Å². The zero-order valence-corrected chi connectivity index (χ0v) is 21.4. The van der Waals surface area contributed by atoms with Crippen molar-refractivity contribution in [1.82, 2.24) is 20.1 Å². The number of ether oxygens (including phenoxy) is 1. The number of piperidine rings is 1. The van der Waals surface area contributed by atoms with Gasteiger partial charge in [-0.2, -0.15) is 5.26 Å². The van der Waals surface area contributed by atoms with E-state index in [0.29, 0.717) is 5.56 Å². The number of nitrogens with zero attached hydrogens (tertiary/aromatic N) is 4. The molecule has 1 saturated heterocycles. The van der Waals surface area contributed by atoms with Crippen LogP contribution in [0.2, 0.25) is 0 Å². The van der Waals surface area contributed by atoms with Crippen molar-refractivity contribution in [2.24, 2.45) is 0 Å². The summed E-state index contributed by atoms with van der Waals surface area (Å²) < 4.78 is 5.28. The van der Waals surface area contributed by atoms with Crippen LogP contribution < -0.4 is 5.32 Å². The fourth-order valence-electron chi connectivity index (χ4n) is 4.17. The molecule has 37 heavy (non-hydrogen) atoms. The summed E-state index contributed by atoms with van der Waals surface area (Å²) in [5.41, 5.74) is 1.28. The van der Waals surface area contributed by atoms with E-state index in [0.717, 1.165) is 38.0 Å². The first kappa shape index (κ1) is 27.6. The number of amides is 2. The van der Waals surface area contributed by atoms with Crippen LogP contribution in [0.4, 0.5) is 4.79 Å². The Kier molecular flexibility index (Phi) is 9.20. The molecule has 2 heterocycles. The van der Waals surface area contributed by atoms with Gasteiger partial charge in [0.25, 0.3) is 5.91 Å². The normalized spacial score (nSPS) is 14.4. The van der Waals surface area contributed by atoms with Crippen LogP contribution in [0.15, 0.2) is 42.6 Å². The molecule has 0 bridgehead atoms. The highest BCUT2D eigenvalue weighted by atomic mass is 16.6. The predicted octanol–water partition coefficient (Wildman–Crippen LogP) is 3.28. The Morgan fingerprint density at radius 2 is 1.84 bits per heavy atom. The largest absolute Gasteiger partial charge is 0.478 e. The Morgan fingerprint density at radius 3 is 2.38 bits per heavy atom. The smallest absolute Gasteiger partial charge is 0.407 e. The number of likely N-dealkylation sites (tertiary alicyclic amines) is 1. The molecule has 2 aromatic rings. The number of benzene rings is 1. The summed E-state index contributed by atoms with van der Waals surface area (Å²) in [5, 5.41) is 20.8. The second kappa shape index (κ2) is 12.3. The van der Waals surface area contributed by atoms with E-state index in [2.05, 4.69) is 21.3 Å². The highest BCUT2D eigenvalue weighted by Gasteiger charge is 2.29. The van der Waals surface area contributed by atoms with Gasteiger partial charge in [0.05, 0.1) is 17.2 Å². The zero-order chi connectivity index (χ0) is 27.0. The Morgan fingerprint density at radius 1 is 1.16 bits per heavy atom. The molecule has 0 radical (unpaired) electrons. The zero-order valence-electron chi connectivity index (χ0n) is 21.4. The minimum atomic E-state index is -1.11. The van der Waals surface area contributed by atoms with Crippen molar-refractivity contribution in [3.05, 3.63) is 65.0 Å². The van der Waals surface area contributed by atoms with Gasteiger partial charge in [-0.1, -0.05) is 12.1 Å². The van der Waals surface area contributed by atoms with E-state index >= 15 is 0 Å². The number of carboxylic acid groups (broad SMARTS) is 1. The SMILES string of the molecule is CC(C)(C)OC(=O)NCCN(C(=O)c1ccc(C(=O)O)cn1)C1CCN(Cc2ccc(C#N)cc2)CC1. The number of alkyl carbamates (subject to hydrolysis) is 1. The molecule has 1 aliphatic rings. The number of nitrogens with one attached hydrogen (secondary N) is 1. The Balaban J connectivity index is 1.65. The molecule has 0 spiro atoms. The second-order valence-electron chi connectivity index (χ2n) is 9.98. The van der Waals surface area contributed by atoms with Gasteiger partial charge in [-0.25, -0.2) is 9.59 Å². The Hall–Kier alpha value is -3.97. The van der Waals surface area contributed by atoms with E-state index in [4.69, 9.17) is 15.1 Å². The van der Waals surface area contributed by atoms with Crippen molar-refractivity contribution in [3.8, 4) is 6.07 Å². The van der Waals surface area contributed by atoms with E-state index in [1.165, 1.54) is 18.3 Å². The van der Waals surface area contributed by atoms with Crippen molar-refractivity contribution < 1.29 is 24.2 Å². The lowest BCUT2D eigenvalue weighted by Crippen LogP contribution is -2.50. The lowest BCUT2D eigenvalue weighted by molar-refractivity contribution is 0.0471. The first-order chi connectivity index (χ1) is 17.6. The molecule has 1 aromatic carbocycles. The van der Waals surface area contributed by atoms with E-state index in [9.17, 15) is 14.4 Å². The maximum Gasteiger partial charge on any atom is 0.407 e. The number of carbonyl (C=O) groups is 3. The molecule has 1 aromatic heterocycles. The number of rotatable bonds is 8. The summed E-state index contributed by atoms with van der Waals surface area (Å²) in [6, 6.07) is 12.4. The average Bonchev–Trinajstić information content (AvgIpc) is 2.86. The monoisotopic (exact) mass is 507 g/mol. The molecular weight excluding hydrogens is 474 g/mol. The molecule has 2 amide bonds. The highest BCUT2D eigenvalue weighted by Crippen LogP contribution is 2.20. The Labute approximate surface area is 216 Å². The van der Waals surface area contributed by atoms with Gasteiger partial charge in [-0.05, 0) is 63.4 Å². The highest BCUT2D eigenvalue weighted by molar-refractivity contribution is 5.94. The van der Waals surface area contributed by atoms with E-state index in [1.54, 1.807) is 25.7 Å². The van der Waals surface area contributed by atoms with Crippen LogP contribution in [-0.4, -0.2) is 75.7 Å². The van der Waals surface area contributed by atoms with Gasteiger partial charge in [0.2, 0.25) is 0 Å². The third-order valence-electron chi connectivity index (χ3n) is 6.00. The summed E-state index contributed by atoms with van der Waals surface area (Å²) in [6.45, 7) is 8.12. The lowest BCUT2D eigenvalue weighted by Gasteiger charge is -2.38. The molecule has 10 heteroatoms. The molecule has 3 rings (SSSR count). The van der Waals surface area contributed by atoms with Crippen LogP contribution in [0.1, 0.15) is 65.6 Å². The van der Waals surface area contributed by atoms with Gasteiger partial charge < -0.3 is 20.1 Å². The van der Waals surface area contributed by atoms with Crippen LogP contribution in [0.25, 0.3) is 0 Å². The van der Waals surface area contributed by atoms with Crippen LogP contribution in [0.3, 0.4) is 0 Å². The van der Waals surface area contributed by atoms with Gasteiger partial charge in [-0.3, -0.25) is 14.7 Å². The van der Waals surface area contributed by atoms with Crippen molar-refractivity contribution >= 4 is 18.0 Å². The number of aromatic nitrogens is 1. The number of hydrogen-bond acceptors (Lipinski definition) is 7. The molecule has 0 saturated carbocycles. The van der Waals surface area contributed by atoms with Crippen molar-refractivity contribution in [3.63, 3.8) is 0 Å². The lowest BCUT2D eigenvalue weighted by atomic mass is 10.0. The number of pyridine rings is 1. The predicted molar refractivity (Wildman–Crippen MR) is 136 cm³/mol. The summed E-state index contributed by atoms with van der Waals surface area (Å²) in [5.74, 6) is -1.42. The Bertz CT molecular complexity index is 1130. The van der Waals surface area contributed by atoms with Crippen molar-refractivity contribution in [1.29, 1.82) is 5.26 Å². The number of carboxylic acids is 1. The fraction of sp³-hybridized carbons (Fsp3) is 0.444. The minimum absolute atomic E-state index is 0.00537. The molecule has 2 N–H and O–H groups in total. The average molecular weight is 508 g/mol. The van der Waals surface area contributed by atoms with E-state index in [-0.39, 0.29) is 36.3 Å². The summed E-state index contributed by atoms with van der Waals surface area (Å²) >= 11 is 0. The van der Waals surface area contributed by atoms with Crippen molar-refractivity contribution in [2.75, 3.05) is 26.2 Å².